The zero-order chi connectivity index (χ0) is 47.3. The number of aliphatic hydroxyl groups excluding tert-OH is 2. The molecule has 1 heterocycles. The number of rotatable bonds is 23. The number of unbranched alkanes of at least 4 members (excludes halogenated alkanes) is 2. The van der Waals surface area contributed by atoms with E-state index in [2.05, 4.69) is 49.9 Å². The second kappa shape index (κ2) is 23.2. The van der Waals surface area contributed by atoms with Crippen LogP contribution >= 0.6 is 0 Å². The topological polar surface area (TPSA) is 119 Å². The molecule has 0 spiro atoms. The third kappa shape index (κ3) is 10.9. The number of hydrogen-bond donors (Lipinski definition) is 2. The van der Waals surface area contributed by atoms with Crippen LogP contribution in [0.2, 0.25) is 0 Å². The van der Waals surface area contributed by atoms with Crippen molar-refractivity contribution in [1.82, 2.24) is 4.90 Å². The molecule has 0 aromatic heterocycles. The van der Waals surface area contributed by atoms with Crippen LogP contribution in [0, 0.1) is 17.8 Å². The molecule has 1 fully saturated rings. The van der Waals surface area contributed by atoms with Crippen LogP contribution in [0.15, 0.2) is 157 Å². The Labute approximate surface area is 401 Å². The number of aliphatic hydroxyl groups is 2. The van der Waals surface area contributed by atoms with Crippen molar-refractivity contribution < 1.29 is 38.8 Å². The summed E-state index contributed by atoms with van der Waals surface area (Å²) in [6.45, 7) is 7.31. The van der Waals surface area contributed by atoms with Gasteiger partial charge in [0.25, 0.3) is 0 Å². The van der Waals surface area contributed by atoms with E-state index in [1.165, 1.54) is 0 Å². The molecule has 0 bridgehead atoms. The summed E-state index contributed by atoms with van der Waals surface area (Å²) < 4.78 is 26.9. The first-order valence-electron chi connectivity index (χ1n) is 24.4. The van der Waals surface area contributed by atoms with Gasteiger partial charge in [-0.3, -0.25) is 4.79 Å². The molecule has 1 amide bonds. The van der Waals surface area contributed by atoms with E-state index in [-0.39, 0.29) is 56.5 Å². The summed E-state index contributed by atoms with van der Waals surface area (Å²) in [7, 11) is 1.63. The number of benzene rings is 5. The van der Waals surface area contributed by atoms with Gasteiger partial charge in [-0.05, 0) is 114 Å². The molecule has 0 radical (unpaired) electrons. The molecule has 356 valence electrons. The van der Waals surface area contributed by atoms with E-state index in [0.29, 0.717) is 55.2 Å². The average molecular weight is 919 g/mol. The Kier molecular flexibility index (Phi) is 16.5. The van der Waals surface area contributed by atoms with Crippen LogP contribution in [-0.2, 0) is 27.4 Å². The highest BCUT2D eigenvalue weighted by Crippen LogP contribution is 2.62. The molecule has 10 nitrogen and oxygen atoms in total. The largest absolute Gasteiger partial charge is 0.497 e. The van der Waals surface area contributed by atoms with Crippen LogP contribution in [0.1, 0.15) is 80.9 Å². The minimum Gasteiger partial charge on any atom is -0.497 e. The van der Waals surface area contributed by atoms with Crippen molar-refractivity contribution >= 4 is 11.6 Å². The molecule has 68 heavy (non-hydrogen) atoms. The van der Waals surface area contributed by atoms with E-state index in [1.54, 1.807) is 13.2 Å². The zero-order valence-corrected chi connectivity index (χ0v) is 39.5. The van der Waals surface area contributed by atoms with Gasteiger partial charge in [0, 0.05) is 37.7 Å². The number of allylic oxidation sites excluding steroid dienone is 1. The van der Waals surface area contributed by atoms with Crippen LogP contribution in [0.25, 0.3) is 11.1 Å². The maximum Gasteiger partial charge on any atom is 0.239 e. The number of fused-ring (bicyclic) bond motifs is 2. The van der Waals surface area contributed by atoms with Crippen LogP contribution in [0.3, 0.4) is 0 Å². The second-order valence-electron chi connectivity index (χ2n) is 18.1. The summed E-state index contributed by atoms with van der Waals surface area (Å²) in [5, 5.41) is 25.1. The van der Waals surface area contributed by atoms with Crippen LogP contribution < -0.4 is 14.2 Å². The summed E-state index contributed by atoms with van der Waals surface area (Å²) >= 11 is 0. The summed E-state index contributed by atoms with van der Waals surface area (Å²) in [4.78, 5) is 23.3. The number of amides is 1. The monoisotopic (exact) mass is 918 g/mol. The van der Waals surface area contributed by atoms with Gasteiger partial charge in [0.1, 0.15) is 35.6 Å². The minimum absolute atomic E-state index is 0.0613. The van der Waals surface area contributed by atoms with Crippen LogP contribution in [-0.4, -0.2) is 72.0 Å². The molecule has 2 N–H and O–H groups in total. The van der Waals surface area contributed by atoms with Crippen molar-refractivity contribution in [2.75, 3.05) is 33.5 Å². The lowest BCUT2D eigenvalue weighted by Gasteiger charge is -2.60. The van der Waals surface area contributed by atoms with Crippen molar-refractivity contribution in [3.8, 4) is 34.1 Å². The summed E-state index contributed by atoms with van der Waals surface area (Å²) in [5.41, 5.74) is 6.81. The highest BCUT2D eigenvalue weighted by Gasteiger charge is 2.65. The second-order valence-corrected chi connectivity index (χ2v) is 18.1. The third-order valence-corrected chi connectivity index (χ3v) is 13.7. The van der Waals surface area contributed by atoms with Gasteiger partial charge >= 0.3 is 0 Å². The van der Waals surface area contributed by atoms with Crippen molar-refractivity contribution in [2.24, 2.45) is 22.9 Å². The maximum absolute atomic E-state index is 15.1. The van der Waals surface area contributed by atoms with E-state index in [9.17, 15) is 10.2 Å². The SMILES string of the molecule is C=CCOC12Oc3ccc(Oc4ccc(-c5ccccc5)cc4)cc3C3C(CCCCO)C(CCCCO)C=C(C(=NOCc4ccccc4)CC1N(CCC)C(=O)Cc1cccc(OC)c1)C32. The fourth-order valence-electron chi connectivity index (χ4n) is 10.7. The lowest BCUT2D eigenvalue weighted by atomic mass is 9.55. The number of carbonyl (C=O) groups is 1. The smallest absolute Gasteiger partial charge is 0.239 e. The molecule has 1 aliphatic heterocycles. The molecule has 5 aromatic rings. The van der Waals surface area contributed by atoms with Crippen LogP contribution in [0.5, 0.6) is 23.0 Å². The highest BCUT2D eigenvalue weighted by atomic mass is 16.7. The molecule has 1 saturated carbocycles. The first-order chi connectivity index (χ1) is 33.4. The number of nitrogens with zero attached hydrogens (tertiary/aromatic N) is 2. The average Bonchev–Trinajstić information content (AvgIpc) is 3.37. The Morgan fingerprint density at radius 3 is 2.25 bits per heavy atom. The van der Waals surface area contributed by atoms with Crippen LogP contribution in [0.4, 0.5) is 0 Å². The van der Waals surface area contributed by atoms with Crippen molar-refractivity contribution in [3.05, 3.63) is 168 Å². The predicted molar refractivity (Wildman–Crippen MR) is 267 cm³/mol. The predicted octanol–water partition coefficient (Wildman–Crippen LogP) is 11.5. The normalized spacial score (nSPS) is 22.0. The fourth-order valence-corrected chi connectivity index (χ4v) is 10.7. The fraction of sp³-hybridized carbons (Fsp3) is 0.379. The van der Waals surface area contributed by atoms with Gasteiger partial charge in [0.05, 0.1) is 31.8 Å². The van der Waals surface area contributed by atoms with Gasteiger partial charge < -0.3 is 38.9 Å². The standard InChI is InChI=1S/C58H66N2O8/c1-4-31-60(55(63)36-42-19-16-23-47(35-42)64-3)54-39-52(59-66-40-41-17-8-6-9-18-41)50-37-45(22-12-14-32-61)49(24-13-15-33-62)56-51-38-48(29-30-53(51)68-58(54,57(50)56)65-34-5-2)67-46-27-25-44(26-28-46)43-20-10-7-11-21-43/h5-11,16-21,23,25-30,35,37-38,45,49,54,56-57,61-62H,2,4,12-15,22,24,31-34,36,39-40H2,1,3H3. The van der Waals surface area contributed by atoms with E-state index in [1.807, 2.05) is 102 Å². The molecule has 2 aliphatic carbocycles. The molecule has 8 rings (SSSR count). The molecule has 5 aromatic carbocycles. The van der Waals surface area contributed by atoms with Gasteiger partial charge in [0.2, 0.25) is 11.7 Å². The molecule has 6 unspecified atom stereocenters. The lowest BCUT2D eigenvalue weighted by molar-refractivity contribution is -0.257. The minimum atomic E-state index is -1.36. The molecule has 3 aliphatic rings. The van der Waals surface area contributed by atoms with E-state index >= 15 is 4.79 Å². The van der Waals surface area contributed by atoms with Crippen molar-refractivity contribution in [3.63, 3.8) is 0 Å². The lowest BCUT2D eigenvalue weighted by Crippen LogP contribution is -2.70. The maximum atomic E-state index is 15.1. The van der Waals surface area contributed by atoms with Gasteiger partial charge in [-0.2, -0.15) is 0 Å². The molecular formula is C58H66N2O8. The van der Waals surface area contributed by atoms with Gasteiger partial charge in [-0.25, -0.2) is 0 Å². The third-order valence-electron chi connectivity index (χ3n) is 13.7. The van der Waals surface area contributed by atoms with Gasteiger partial charge in [0.15, 0.2) is 0 Å². The quantitative estimate of drug-likeness (QED) is 0.0378. The molecule has 0 saturated heterocycles. The summed E-state index contributed by atoms with van der Waals surface area (Å²) in [5.74, 6) is 0.851. The Morgan fingerprint density at radius 2 is 1.53 bits per heavy atom. The number of oxime groups is 1. The van der Waals surface area contributed by atoms with E-state index < -0.39 is 17.7 Å². The summed E-state index contributed by atoms with van der Waals surface area (Å²) in [6.07, 6.45) is 9.98. The number of hydrogen-bond acceptors (Lipinski definition) is 9. The molecular weight excluding hydrogens is 853 g/mol. The number of ether oxygens (including phenoxy) is 4. The zero-order valence-electron chi connectivity index (χ0n) is 39.5. The van der Waals surface area contributed by atoms with Crippen molar-refractivity contribution in [1.29, 1.82) is 0 Å². The highest BCUT2D eigenvalue weighted by molar-refractivity contribution is 6.03. The Balaban J connectivity index is 1.28. The Bertz CT molecular complexity index is 2490. The first-order valence-corrected chi connectivity index (χ1v) is 24.4. The van der Waals surface area contributed by atoms with E-state index in [0.717, 1.165) is 64.8 Å². The van der Waals surface area contributed by atoms with Gasteiger partial charge in [-0.1, -0.05) is 122 Å². The number of methoxy groups -OCH3 is 1. The van der Waals surface area contributed by atoms with E-state index in [4.69, 9.17) is 28.9 Å². The van der Waals surface area contributed by atoms with Gasteiger partial charge in [-0.15, -0.1) is 6.58 Å². The Hall–Kier alpha value is -6.20. The Morgan fingerprint density at radius 1 is 0.824 bits per heavy atom. The number of carbonyl (C=O) groups excluding carboxylic acids is 1. The first kappa shape index (κ1) is 48.3. The van der Waals surface area contributed by atoms with Crippen molar-refractivity contribution in [2.45, 2.75) is 89.1 Å². The molecule has 10 heteroatoms. The molecule has 6 atom stereocenters. The summed E-state index contributed by atoms with van der Waals surface area (Å²) in [6, 6.07) is 41.5.